The number of non-ortho nitro benzene ring substituents is 1. The Kier molecular flexibility index (Phi) is 3.72. The fourth-order valence-corrected chi connectivity index (χ4v) is 1.97. The number of nitrogens with zero attached hydrogens (tertiary/aromatic N) is 2. The lowest BCUT2D eigenvalue weighted by molar-refractivity contribution is -0.384. The molecule has 0 aliphatic rings. The number of alkyl halides is 1. The minimum atomic E-state index is -0.463. The molecular formula is C12H10ClFN2O2. The van der Waals surface area contributed by atoms with Crippen LogP contribution in [0.25, 0.3) is 10.9 Å². The maximum Gasteiger partial charge on any atom is 0.270 e. The van der Waals surface area contributed by atoms with Gasteiger partial charge in [-0.25, -0.2) is 4.98 Å². The predicted octanol–water partition coefficient (Wildman–Crippen LogP) is 3.70. The molecule has 0 unspecified atom stereocenters. The summed E-state index contributed by atoms with van der Waals surface area (Å²) in [6.45, 7) is -0.427. The maximum atomic E-state index is 12.1. The Bertz CT molecular complexity index is 604. The molecule has 0 N–H and O–H groups in total. The Morgan fingerprint density at radius 2 is 2.17 bits per heavy atom. The first-order valence-corrected chi connectivity index (χ1v) is 5.79. The first-order chi connectivity index (χ1) is 8.61. The van der Waals surface area contributed by atoms with Crippen LogP contribution in [-0.2, 0) is 6.42 Å². The molecule has 0 spiro atoms. The standard InChI is InChI=1S/C12H10ClFN2O2/c13-12-8(2-1-5-14)6-9-7-10(16(17)18)3-4-11(9)15-12/h3-4,6-7H,1-2,5H2. The summed E-state index contributed by atoms with van der Waals surface area (Å²) in [5.74, 6) is 0. The number of aryl methyl sites for hydroxylation is 1. The van der Waals surface area contributed by atoms with Crippen LogP contribution in [0.5, 0.6) is 0 Å². The van der Waals surface area contributed by atoms with E-state index in [-0.39, 0.29) is 5.69 Å². The SMILES string of the molecule is O=[N+]([O-])c1ccc2nc(Cl)c(CCCF)cc2c1. The van der Waals surface area contributed by atoms with E-state index >= 15 is 0 Å². The zero-order valence-electron chi connectivity index (χ0n) is 9.40. The van der Waals surface area contributed by atoms with Crippen LogP contribution < -0.4 is 0 Å². The number of aromatic nitrogens is 1. The van der Waals surface area contributed by atoms with Crippen molar-refractivity contribution in [2.75, 3.05) is 6.67 Å². The normalized spacial score (nSPS) is 10.8. The molecule has 1 aromatic heterocycles. The highest BCUT2D eigenvalue weighted by Crippen LogP contribution is 2.25. The summed E-state index contributed by atoms with van der Waals surface area (Å²) in [6.07, 6.45) is 0.836. The third kappa shape index (κ3) is 2.56. The number of fused-ring (bicyclic) bond motifs is 1. The number of nitro groups is 1. The highest BCUT2D eigenvalue weighted by Gasteiger charge is 2.09. The summed E-state index contributed by atoms with van der Waals surface area (Å²) in [7, 11) is 0. The van der Waals surface area contributed by atoms with Crippen molar-refractivity contribution >= 4 is 28.2 Å². The third-order valence-electron chi connectivity index (χ3n) is 2.61. The lowest BCUT2D eigenvalue weighted by atomic mass is 10.1. The van der Waals surface area contributed by atoms with Crippen molar-refractivity contribution in [3.05, 3.63) is 45.1 Å². The fourth-order valence-electron chi connectivity index (χ4n) is 1.73. The van der Waals surface area contributed by atoms with Crippen molar-refractivity contribution in [1.29, 1.82) is 0 Å². The molecule has 4 nitrogen and oxygen atoms in total. The van der Waals surface area contributed by atoms with Crippen LogP contribution in [0.2, 0.25) is 5.15 Å². The van der Waals surface area contributed by atoms with Crippen LogP contribution in [0, 0.1) is 10.1 Å². The van der Waals surface area contributed by atoms with E-state index in [4.69, 9.17) is 11.6 Å². The zero-order chi connectivity index (χ0) is 13.1. The van der Waals surface area contributed by atoms with E-state index in [1.54, 1.807) is 12.1 Å². The molecule has 1 heterocycles. The average Bonchev–Trinajstić information content (AvgIpc) is 2.35. The van der Waals surface area contributed by atoms with Crippen LogP contribution in [-0.4, -0.2) is 16.6 Å². The van der Waals surface area contributed by atoms with Crippen LogP contribution in [0.1, 0.15) is 12.0 Å². The molecule has 0 saturated carbocycles. The number of nitro benzene ring substituents is 1. The minimum absolute atomic E-state index is 0.00284. The number of halogens is 2. The molecule has 1 aromatic carbocycles. The number of pyridine rings is 1. The summed E-state index contributed by atoms with van der Waals surface area (Å²) >= 11 is 5.97. The molecule has 0 amide bonds. The van der Waals surface area contributed by atoms with E-state index in [9.17, 15) is 14.5 Å². The van der Waals surface area contributed by atoms with Gasteiger partial charge in [0, 0.05) is 17.5 Å². The summed E-state index contributed by atoms with van der Waals surface area (Å²) in [5, 5.41) is 11.6. The van der Waals surface area contributed by atoms with Gasteiger partial charge in [0.05, 0.1) is 17.1 Å². The second kappa shape index (κ2) is 5.27. The first kappa shape index (κ1) is 12.7. The maximum absolute atomic E-state index is 12.1. The smallest absolute Gasteiger partial charge is 0.258 e. The average molecular weight is 269 g/mol. The Balaban J connectivity index is 2.49. The van der Waals surface area contributed by atoms with Crippen molar-refractivity contribution < 1.29 is 9.31 Å². The summed E-state index contributed by atoms with van der Waals surface area (Å²) in [5.41, 5.74) is 1.31. The number of hydrogen-bond donors (Lipinski definition) is 0. The molecule has 2 aromatic rings. The third-order valence-corrected chi connectivity index (χ3v) is 2.94. The molecule has 0 aliphatic heterocycles. The molecule has 0 aliphatic carbocycles. The van der Waals surface area contributed by atoms with E-state index in [0.29, 0.717) is 34.5 Å². The summed E-state index contributed by atoms with van der Waals surface area (Å²) in [4.78, 5) is 14.4. The number of hydrogen-bond acceptors (Lipinski definition) is 3. The second-order valence-electron chi connectivity index (χ2n) is 3.86. The van der Waals surface area contributed by atoms with Gasteiger partial charge in [-0.1, -0.05) is 11.6 Å². The lowest BCUT2D eigenvalue weighted by Crippen LogP contribution is -1.93. The lowest BCUT2D eigenvalue weighted by Gasteiger charge is -2.05. The van der Waals surface area contributed by atoms with Gasteiger partial charge < -0.3 is 0 Å². The molecule has 0 fully saturated rings. The van der Waals surface area contributed by atoms with Crippen molar-refractivity contribution in [3.8, 4) is 0 Å². The van der Waals surface area contributed by atoms with Gasteiger partial charge in [0.1, 0.15) is 5.15 Å². The highest BCUT2D eigenvalue weighted by molar-refractivity contribution is 6.30. The molecular weight excluding hydrogens is 259 g/mol. The van der Waals surface area contributed by atoms with Gasteiger partial charge in [-0.05, 0) is 30.5 Å². The fraction of sp³-hybridized carbons (Fsp3) is 0.250. The van der Waals surface area contributed by atoms with Crippen LogP contribution in [0.3, 0.4) is 0 Å². The molecule has 6 heteroatoms. The van der Waals surface area contributed by atoms with Crippen molar-refractivity contribution in [1.82, 2.24) is 4.98 Å². The van der Waals surface area contributed by atoms with Gasteiger partial charge >= 0.3 is 0 Å². The topological polar surface area (TPSA) is 56.0 Å². The molecule has 2 rings (SSSR count). The largest absolute Gasteiger partial charge is 0.270 e. The Labute approximate surface area is 108 Å². The van der Waals surface area contributed by atoms with Gasteiger partial charge in [-0.3, -0.25) is 14.5 Å². The first-order valence-electron chi connectivity index (χ1n) is 5.41. The van der Waals surface area contributed by atoms with Gasteiger partial charge in [0.2, 0.25) is 0 Å². The van der Waals surface area contributed by atoms with E-state index in [1.807, 2.05) is 0 Å². The molecule has 0 radical (unpaired) electrons. The van der Waals surface area contributed by atoms with E-state index in [1.165, 1.54) is 12.1 Å². The second-order valence-corrected chi connectivity index (χ2v) is 4.22. The Hall–Kier alpha value is -1.75. The number of rotatable bonds is 4. The zero-order valence-corrected chi connectivity index (χ0v) is 10.2. The van der Waals surface area contributed by atoms with Gasteiger partial charge in [0.25, 0.3) is 5.69 Å². The molecule has 0 bridgehead atoms. The van der Waals surface area contributed by atoms with Gasteiger partial charge in [-0.2, -0.15) is 0 Å². The summed E-state index contributed by atoms with van der Waals surface area (Å²) < 4.78 is 12.1. The van der Waals surface area contributed by atoms with Crippen LogP contribution in [0.4, 0.5) is 10.1 Å². The van der Waals surface area contributed by atoms with E-state index in [0.717, 1.165) is 0 Å². The monoisotopic (exact) mass is 268 g/mol. The highest BCUT2D eigenvalue weighted by atomic mass is 35.5. The van der Waals surface area contributed by atoms with E-state index in [2.05, 4.69) is 4.98 Å². The molecule has 94 valence electrons. The van der Waals surface area contributed by atoms with Crippen LogP contribution in [0.15, 0.2) is 24.3 Å². The van der Waals surface area contributed by atoms with Crippen LogP contribution >= 0.6 is 11.6 Å². The predicted molar refractivity (Wildman–Crippen MR) is 67.7 cm³/mol. The van der Waals surface area contributed by atoms with Crippen molar-refractivity contribution in [2.45, 2.75) is 12.8 Å². The molecule has 0 atom stereocenters. The van der Waals surface area contributed by atoms with Gasteiger partial charge in [0.15, 0.2) is 0 Å². The quantitative estimate of drug-likeness (QED) is 0.483. The Morgan fingerprint density at radius 1 is 1.39 bits per heavy atom. The van der Waals surface area contributed by atoms with Crippen molar-refractivity contribution in [3.63, 3.8) is 0 Å². The van der Waals surface area contributed by atoms with Crippen molar-refractivity contribution in [2.24, 2.45) is 0 Å². The van der Waals surface area contributed by atoms with Gasteiger partial charge in [-0.15, -0.1) is 0 Å². The summed E-state index contributed by atoms with van der Waals surface area (Å²) in [6, 6.07) is 6.11. The molecule has 18 heavy (non-hydrogen) atoms. The van der Waals surface area contributed by atoms with E-state index < -0.39 is 11.6 Å². The molecule has 0 saturated heterocycles. The Morgan fingerprint density at radius 3 is 2.83 bits per heavy atom. The minimum Gasteiger partial charge on any atom is -0.258 e. The number of benzene rings is 1.